The molecular weight excluding hydrogens is 312 g/mol. The first kappa shape index (κ1) is 15.8. The number of allylic oxidation sites excluding steroid dienone is 1. The Kier molecular flexibility index (Phi) is 4.05. The molecule has 8 heteroatoms. The molecule has 0 spiro atoms. The van der Waals surface area contributed by atoms with Crippen molar-refractivity contribution < 1.29 is 19.4 Å². The lowest BCUT2D eigenvalue weighted by molar-refractivity contribution is -0.134. The van der Waals surface area contributed by atoms with Crippen LogP contribution in [0.4, 0.5) is 0 Å². The van der Waals surface area contributed by atoms with E-state index in [-0.39, 0.29) is 11.6 Å². The summed E-state index contributed by atoms with van der Waals surface area (Å²) in [5.41, 5.74) is 3.71. The van der Waals surface area contributed by atoms with Crippen LogP contribution in [0.25, 0.3) is 17.1 Å². The first-order valence-corrected chi connectivity index (χ1v) is 7.33. The van der Waals surface area contributed by atoms with Gasteiger partial charge in [0, 0.05) is 36.9 Å². The van der Waals surface area contributed by atoms with Crippen LogP contribution >= 0.6 is 0 Å². The van der Waals surface area contributed by atoms with Crippen LogP contribution in [0.1, 0.15) is 12.5 Å². The number of ether oxygens (including phenoxy) is 1. The number of hydrogen-bond donors (Lipinski definition) is 3. The number of nitrogens with one attached hydrogen (secondary N) is 2. The number of carboxylic acid groups (broad SMARTS) is 1. The fraction of sp³-hybridized carbons (Fsp3) is 0.188. The third kappa shape index (κ3) is 2.74. The largest absolute Gasteiger partial charge is 0.477 e. The van der Waals surface area contributed by atoms with Crippen molar-refractivity contribution in [1.29, 1.82) is 0 Å². The first-order valence-electron chi connectivity index (χ1n) is 7.33. The van der Waals surface area contributed by atoms with Gasteiger partial charge in [-0.1, -0.05) is 6.92 Å². The molecule has 2 aromatic rings. The number of carbonyl (C=O) groups excluding carboxylic acids is 1. The van der Waals surface area contributed by atoms with Crippen LogP contribution in [0.5, 0.6) is 0 Å². The number of nitrogens with zero attached hydrogens (tertiary/aromatic N) is 2. The van der Waals surface area contributed by atoms with Gasteiger partial charge in [0.05, 0.1) is 0 Å². The van der Waals surface area contributed by atoms with Crippen molar-refractivity contribution in [2.45, 2.75) is 6.92 Å². The first-order chi connectivity index (χ1) is 11.5. The van der Waals surface area contributed by atoms with Crippen LogP contribution in [0.2, 0.25) is 0 Å². The molecule has 3 N–H and O–H groups in total. The quantitative estimate of drug-likeness (QED) is 0.431. The molecular formula is C16H16N4O4. The summed E-state index contributed by atoms with van der Waals surface area (Å²) in [6.45, 7) is 2.47. The predicted octanol–water partition coefficient (Wildman–Crippen LogP) is 1.26. The van der Waals surface area contributed by atoms with E-state index in [1.54, 1.807) is 30.5 Å². The van der Waals surface area contributed by atoms with Crippen LogP contribution in [0, 0.1) is 0 Å². The van der Waals surface area contributed by atoms with E-state index in [2.05, 4.69) is 15.4 Å². The summed E-state index contributed by atoms with van der Waals surface area (Å²) in [6, 6.07) is 3.62. The Morgan fingerprint density at radius 3 is 3.04 bits per heavy atom. The van der Waals surface area contributed by atoms with Crippen LogP contribution in [0.3, 0.4) is 0 Å². The number of pyridine rings is 1. The molecule has 0 saturated carbocycles. The number of Topliss-reactive ketones (excluding diaryl/α,β-unsaturated/α-hetero) is 1. The van der Waals surface area contributed by atoms with Gasteiger partial charge in [-0.2, -0.15) is 0 Å². The normalized spacial score (nSPS) is 16.3. The molecule has 0 amide bonds. The van der Waals surface area contributed by atoms with E-state index in [4.69, 9.17) is 4.74 Å². The van der Waals surface area contributed by atoms with Crippen molar-refractivity contribution in [3.63, 3.8) is 0 Å². The smallest absolute Gasteiger partial charge is 0.345 e. The molecule has 0 radical (unpaired) electrons. The minimum Gasteiger partial charge on any atom is -0.477 e. The molecule has 24 heavy (non-hydrogen) atoms. The van der Waals surface area contributed by atoms with E-state index < -0.39 is 17.3 Å². The number of aliphatic carboxylic acids is 1. The maximum Gasteiger partial charge on any atom is 0.345 e. The minimum absolute atomic E-state index is 0.0517. The van der Waals surface area contributed by atoms with Gasteiger partial charge in [0.25, 0.3) is 0 Å². The number of rotatable bonds is 5. The van der Waals surface area contributed by atoms with Gasteiger partial charge in [-0.25, -0.2) is 14.8 Å². The number of ketones is 1. The molecule has 124 valence electrons. The molecule has 0 unspecified atom stereocenters. The maximum atomic E-state index is 12.4. The Morgan fingerprint density at radius 1 is 1.54 bits per heavy atom. The Balaban J connectivity index is 1.96. The van der Waals surface area contributed by atoms with Gasteiger partial charge >= 0.3 is 5.97 Å². The molecule has 3 heterocycles. The highest BCUT2D eigenvalue weighted by Crippen LogP contribution is 2.27. The lowest BCUT2D eigenvalue weighted by Gasteiger charge is -2.17. The highest BCUT2D eigenvalue weighted by molar-refractivity contribution is 6.26. The van der Waals surface area contributed by atoms with Crippen molar-refractivity contribution in [1.82, 2.24) is 20.4 Å². The SMILES string of the molecule is CCN(C)NC1=C(C(=O)O)C(=O)/C(=C/c2c[nH]c3ncccc23)O1. The molecule has 1 aliphatic heterocycles. The second-order valence-corrected chi connectivity index (χ2v) is 5.22. The summed E-state index contributed by atoms with van der Waals surface area (Å²) in [6.07, 6.45) is 4.84. The van der Waals surface area contributed by atoms with Gasteiger partial charge in [0.1, 0.15) is 5.65 Å². The van der Waals surface area contributed by atoms with Crippen molar-refractivity contribution in [3.8, 4) is 0 Å². The van der Waals surface area contributed by atoms with Crippen LogP contribution in [0.15, 0.2) is 41.7 Å². The second kappa shape index (κ2) is 6.17. The van der Waals surface area contributed by atoms with Crippen molar-refractivity contribution in [3.05, 3.63) is 47.3 Å². The summed E-state index contributed by atoms with van der Waals surface area (Å²) in [7, 11) is 1.72. The monoisotopic (exact) mass is 328 g/mol. The van der Waals surface area contributed by atoms with Gasteiger partial charge in [-0.3, -0.25) is 10.2 Å². The van der Waals surface area contributed by atoms with E-state index in [0.29, 0.717) is 17.8 Å². The number of aromatic amines is 1. The predicted molar refractivity (Wildman–Crippen MR) is 86.3 cm³/mol. The molecule has 3 rings (SSSR count). The fourth-order valence-electron chi connectivity index (χ4n) is 2.29. The van der Waals surface area contributed by atoms with Gasteiger partial charge < -0.3 is 14.8 Å². The van der Waals surface area contributed by atoms with Gasteiger partial charge in [-0.15, -0.1) is 0 Å². The van der Waals surface area contributed by atoms with Gasteiger partial charge in [0.2, 0.25) is 11.7 Å². The Hall–Kier alpha value is -3.13. The third-order valence-corrected chi connectivity index (χ3v) is 3.64. The van der Waals surface area contributed by atoms with Gasteiger partial charge in [-0.05, 0) is 18.2 Å². The van der Waals surface area contributed by atoms with E-state index in [1.165, 1.54) is 6.08 Å². The summed E-state index contributed by atoms with van der Waals surface area (Å²) in [5.74, 6) is -2.14. The summed E-state index contributed by atoms with van der Waals surface area (Å²) in [4.78, 5) is 30.9. The number of fused-ring (bicyclic) bond motifs is 1. The molecule has 2 aromatic heterocycles. The number of H-pyrrole nitrogens is 1. The minimum atomic E-state index is -1.34. The third-order valence-electron chi connectivity index (χ3n) is 3.64. The highest BCUT2D eigenvalue weighted by atomic mass is 16.5. The average molecular weight is 328 g/mol. The van der Waals surface area contributed by atoms with Crippen molar-refractivity contribution in [2.75, 3.05) is 13.6 Å². The molecule has 0 saturated heterocycles. The molecule has 1 aliphatic rings. The summed E-state index contributed by atoms with van der Waals surface area (Å²) in [5, 5.41) is 11.7. The Bertz CT molecular complexity index is 881. The number of hydrazine groups is 1. The topological polar surface area (TPSA) is 108 Å². The molecule has 0 fully saturated rings. The maximum absolute atomic E-state index is 12.4. The lowest BCUT2D eigenvalue weighted by Crippen LogP contribution is -2.34. The zero-order chi connectivity index (χ0) is 17.3. The van der Waals surface area contributed by atoms with Gasteiger partial charge in [0.15, 0.2) is 11.3 Å². The Morgan fingerprint density at radius 2 is 2.33 bits per heavy atom. The number of carbonyl (C=O) groups is 2. The van der Waals surface area contributed by atoms with Crippen LogP contribution in [-0.2, 0) is 14.3 Å². The lowest BCUT2D eigenvalue weighted by atomic mass is 10.1. The highest BCUT2D eigenvalue weighted by Gasteiger charge is 2.36. The van der Waals surface area contributed by atoms with Crippen LogP contribution in [-0.4, -0.2) is 45.4 Å². The zero-order valence-electron chi connectivity index (χ0n) is 13.2. The standard InChI is InChI=1S/C16H16N4O4/c1-3-20(2)19-15-12(16(22)23)13(21)11(24-15)7-9-8-18-14-10(9)5-4-6-17-14/h4-8,19H,3H2,1-2H3,(H,17,18)(H,22,23)/b11-7-. The number of aromatic nitrogens is 2. The number of hydrogen-bond acceptors (Lipinski definition) is 6. The fourth-order valence-corrected chi connectivity index (χ4v) is 2.29. The zero-order valence-corrected chi connectivity index (χ0v) is 13.2. The molecule has 0 aliphatic carbocycles. The van der Waals surface area contributed by atoms with Crippen molar-refractivity contribution in [2.24, 2.45) is 0 Å². The van der Waals surface area contributed by atoms with E-state index in [1.807, 2.05) is 13.0 Å². The average Bonchev–Trinajstić information content (AvgIpc) is 3.09. The molecule has 0 aromatic carbocycles. The second-order valence-electron chi connectivity index (χ2n) is 5.22. The molecule has 0 bridgehead atoms. The summed E-state index contributed by atoms with van der Waals surface area (Å²) < 4.78 is 5.47. The van der Waals surface area contributed by atoms with Crippen LogP contribution < -0.4 is 5.43 Å². The van der Waals surface area contributed by atoms with E-state index >= 15 is 0 Å². The van der Waals surface area contributed by atoms with E-state index in [9.17, 15) is 14.7 Å². The Labute approximate surface area is 137 Å². The van der Waals surface area contributed by atoms with E-state index in [0.717, 1.165) is 5.39 Å². The molecule has 0 atom stereocenters. The molecule has 8 nitrogen and oxygen atoms in total. The summed E-state index contributed by atoms with van der Waals surface area (Å²) >= 11 is 0. The van der Waals surface area contributed by atoms with Crippen molar-refractivity contribution >= 4 is 28.9 Å². The number of carboxylic acids is 1.